The third-order valence-electron chi connectivity index (χ3n) is 3.43. The number of thiophene rings is 1. The molecule has 0 aliphatic carbocycles. The van der Waals surface area contributed by atoms with Gasteiger partial charge in [-0.25, -0.2) is 0 Å². The Morgan fingerprint density at radius 3 is 2.68 bits per heavy atom. The van der Waals surface area contributed by atoms with Crippen molar-refractivity contribution in [2.24, 2.45) is 0 Å². The predicted molar refractivity (Wildman–Crippen MR) is 92.6 cm³/mol. The first-order chi connectivity index (χ1) is 12.2. The van der Waals surface area contributed by atoms with Crippen LogP contribution >= 0.6 is 11.3 Å². The number of carbonyl (C=O) groups excluding carboxylic acids is 1. The quantitative estimate of drug-likeness (QED) is 0.645. The maximum absolute atomic E-state index is 12.2. The molecule has 0 fully saturated rings. The van der Waals surface area contributed by atoms with Crippen molar-refractivity contribution < 1.29 is 18.8 Å². The number of likely N-dealkylation sites (N-methyl/N-ethyl adjacent to an activating group) is 1. The molecule has 2 aromatic heterocycles. The number of hydrogen-bond donors (Lipinski definition) is 0. The lowest BCUT2D eigenvalue weighted by Gasteiger charge is -2.15. The molecular formula is C17H17N3O4S. The molecule has 0 aliphatic heterocycles. The number of hydrogen-bond acceptors (Lipinski definition) is 7. The van der Waals surface area contributed by atoms with Gasteiger partial charge in [0.2, 0.25) is 11.7 Å². The summed E-state index contributed by atoms with van der Waals surface area (Å²) in [6.45, 7) is 0.151. The molecule has 0 bridgehead atoms. The van der Waals surface area contributed by atoms with Gasteiger partial charge in [-0.05, 0) is 35.7 Å². The van der Waals surface area contributed by atoms with Crippen LogP contribution in [-0.4, -0.2) is 41.7 Å². The van der Waals surface area contributed by atoms with Gasteiger partial charge in [0.25, 0.3) is 5.91 Å². The zero-order valence-electron chi connectivity index (χ0n) is 13.8. The van der Waals surface area contributed by atoms with Crippen molar-refractivity contribution in [1.29, 1.82) is 0 Å². The van der Waals surface area contributed by atoms with Gasteiger partial charge in [0.1, 0.15) is 11.5 Å². The first-order valence-corrected chi connectivity index (χ1v) is 8.41. The van der Waals surface area contributed by atoms with Gasteiger partial charge in [0.05, 0.1) is 18.5 Å². The maximum atomic E-state index is 12.2. The number of nitrogens with zero attached hydrogens (tertiary/aromatic N) is 3. The monoisotopic (exact) mass is 359 g/mol. The van der Waals surface area contributed by atoms with Crippen LogP contribution in [0, 0.1) is 0 Å². The first kappa shape index (κ1) is 17.0. The second kappa shape index (κ2) is 7.80. The zero-order chi connectivity index (χ0) is 17.6. The van der Waals surface area contributed by atoms with Crippen molar-refractivity contribution in [3.05, 3.63) is 47.7 Å². The first-order valence-electron chi connectivity index (χ1n) is 7.53. The topological polar surface area (TPSA) is 77.7 Å². The van der Waals surface area contributed by atoms with E-state index in [9.17, 15) is 4.79 Å². The number of aromatic nitrogens is 2. The van der Waals surface area contributed by atoms with Crippen molar-refractivity contribution in [3.8, 4) is 22.2 Å². The fraction of sp³-hybridized carbons (Fsp3) is 0.235. The molecular weight excluding hydrogens is 342 g/mol. The molecule has 3 rings (SSSR count). The Balaban J connectivity index is 1.52. The van der Waals surface area contributed by atoms with Crippen LogP contribution in [0.25, 0.3) is 10.7 Å². The van der Waals surface area contributed by atoms with Crippen molar-refractivity contribution in [2.75, 3.05) is 20.8 Å². The van der Waals surface area contributed by atoms with E-state index in [1.807, 2.05) is 17.5 Å². The number of carbonyl (C=O) groups is 1. The van der Waals surface area contributed by atoms with Crippen LogP contribution in [0.15, 0.2) is 46.3 Å². The fourth-order valence-electron chi connectivity index (χ4n) is 2.04. The van der Waals surface area contributed by atoms with Gasteiger partial charge in [-0.1, -0.05) is 11.2 Å². The van der Waals surface area contributed by atoms with E-state index in [0.717, 1.165) is 10.6 Å². The van der Waals surface area contributed by atoms with Crippen molar-refractivity contribution in [1.82, 2.24) is 15.0 Å². The van der Waals surface area contributed by atoms with E-state index in [1.165, 1.54) is 16.2 Å². The Labute approximate surface area is 148 Å². The van der Waals surface area contributed by atoms with Gasteiger partial charge in [-0.15, -0.1) is 11.3 Å². The Hall–Kier alpha value is -2.87. The smallest absolute Gasteiger partial charge is 0.260 e. The highest BCUT2D eigenvalue weighted by molar-refractivity contribution is 7.13. The number of benzene rings is 1. The molecule has 0 spiro atoms. The summed E-state index contributed by atoms with van der Waals surface area (Å²) in [6.07, 6.45) is 0. The van der Waals surface area contributed by atoms with Crippen LogP contribution < -0.4 is 9.47 Å². The van der Waals surface area contributed by atoms with Crippen LogP contribution in [0.2, 0.25) is 0 Å². The molecule has 0 N–H and O–H groups in total. The van der Waals surface area contributed by atoms with Gasteiger partial charge in [0, 0.05) is 7.05 Å². The molecule has 0 unspecified atom stereocenters. The molecule has 0 radical (unpaired) electrons. The minimum Gasteiger partial charge on any atom is -0.497 e. The molecule has 0 saturated carbocycles. The van der Waals surface area contributed by atoms with Crippen LogP contribution in [0.3, 0.4) is 0 Å². The van der Waals surface area contributed by atoms with Gasteiger partial charge in [0.15, 0.2) is 6.61 Å². The van der Waals surface area contributed by atoms with Gasteiger partial charge < -0.3 is 18.9 Å². The normalized spacial score (nSPS) is 10.5. The van der Waals surface area contributed by atoms with Crippen LogP contribution in [0.4, 0.5) is 0 Å². The molecule has 0 saturated heterocycles. The molecule has 2 heterocycles. The number of methoxy groups -OCH3 is 1. The summed E-state index contributed by atoms with van der Waals surface area (Å²) >= 11 is 1.53. The highest BCUT2D eigenvalue weighted by atomic mass is 32.1. The van der Waals surface area contributed by atoms with Gasteiger partial charge in [-0.2, -0.15) is 4.98 Å². The minimum atomic E-state index is -0.188. The molecule has 8 heteroatoms. The number of ether oxygens (including phenoxy) is 2. The van der Waals surface area contributed by atoms with E-state index in [1.54, 1.807) is 38.4 Å². The summed E-state index contributed by atoms with van der Waals surface area (Å²) in [5.41, 5.74) is 0. The number of amides is 1. The van der Waals surface area contributed by atoms with Crippen molar-refractivity contribution in [2.45, 2.75) is 6.54 Å². The summed E-state index contributed by atoms with van der Waals surface area (Å²) in [5.74, 6) is 2.05. The maximum Gasteiger partial charge on any atom is 0.260 e. The third-order valence-corrected chi connectivity index (χ3v) is 4.30. The fourth-order valence-corrected chi connectivity index (χ4v) is 2.69. The molecule has 0 aliphatic rings. The van der Waals surface area contributed by atoms with E-state index in [2.05, 4.69) is 10.1 Å². The summed E-state index contributed by atoms with van der Waals surface area (Å²) in [5, 5.41) is 5.87. The van der Waals surface area contributed by atoms with Gasteiger partial charge >= 0.3 is 0 Å². The lowest BCUT2D eigenvalue weighted by atomic mass is 10.3. The highest BCUT2D eigenvalue weighted by Gasteiger charge is 2.15. The number of rotatable bonds is 7. The standard InChI is InChI=1S/C17H17N3O4S/c1-20(10-15-18-17(19-24-15)14-4-3-9-25-14)16(21)11-23-13-7-5-12(22-2)6-8-13/h3-9H,10-11H2,1-2H3. The second-order valence-electron chi connectivity index (χ2n) is 5.20. The lowest BCUT2D eigenvalue weighted by molar-refractivity contribution is -0.132. The minimum absolute atomic E-state index is 0.0747. The Morgan fingerprint density at radius 1 is 1.24 bits per heavy atom. The van der Waals surface area contributed by atoms with E-state index in [4.69, 9.17) is 14.0 Å². The van der Waals surface area contributed by atoms with Crippen molar-refractivity contribution in [3.63, 3.8) is 0 Å². The Morgan fingerprint density at radius 2 is 2.00 bits per heavy atom. The molecule has 3 aromatic rings. The molecule has 0 atom stereocenters. The second-order valence-corrected chi connectivity index (χ2v) is 6.15. The lowest BCUT2D eigenvalue weighted by Crippen LogP contribution is -2.31. The predicted octanol–water partition coefficient (Wildman–Crippen LogP) is 2.84. The SMILES string of the molecule is COc1ccc(OCC(=O)N(C)Cc2nc(-c3cccs3)no2)cc1. The average Bonchev–Trinajstić information content (AvgIpc) is 3.31. The molecule has 1 amide bonds. The Bertz CT molecular complexity index is 815. The van der Waals surface area contributed by atoms with E-state index < -0.39 is 0 Å². The highest BCUT2D eigenvalue weighted by Crippen LogP contribution is 2.21. The summed E-state index contributed by atoms with van der Waals surface area (Å²) in [4.78, 5) is 18.9. The van der Waals surface area contributed by atoms with E-state index in [0.29, 0.717) is 17.5 Å². The van der Waals surface area contributed by atoms with E-state index >= 15 is 0 Å². The molecule has 130 valence electrons. The largest absolute Gasteiger partial charge is 0.497 e. The van der Waals surface area contributed by atoms with Crippen LogP contribution in [0.1, 0.15) is 5.89 Å². The summed E-state index contributed by atoms with van der Waals surface area (Å²) in [7, 11) is 3.25. The summed E-state index contributed by atoms with van der Waals surface area (Å²) < 4.78 is 15.7. The summed E-state index contributed by atoms with van der Waals surface area (Å²) in [6, 6.07) is 10.9. The molecule has 25 heavy (non-hydrogen) atoms. The van der Waals surface area contributed by atoms with Crippen LogP contribution in [0.5, 0.6) is 11.5 Å². The van der Waals surface area contributed by atoms with Crippen LogP contribution in [-0.2, 0) is 11.3 Å². The Kier molecular flexibility index (Phi) is 5.30. The third kappa shape index (κ3) is 4.36. The zero-order valence-corrected chi connectivity index (χ0v) is 14.7. The van der Waals surface area contributed by atoms with E-state index in [-0.39, 0.29) is 19.1 Å². The molecule has 1 aromatic carbocycles. The average molecular weight is 359 g/mol. The van der Waals surface area contributed by atoms with Gasteiger partial charge in [-0.3, -0.25) is 4.79 Å². The molecule has 7 nitrogen and oxygen atoms in total. The van der Waals surface area contributed by atoms with Crippen molar-refractivity contribution >= 4 is 17.2 Å².